The Morgan fingerprint density at radius 3 is 2.92 bits per heavy atom. The number of rotatable bonds is 2. The third-order valence-corrected chi connectivity index (χ3v) is 4.45. The van der Waals surface area contributed by atoms with E-state index < -0.39 is 0 Å². The summed E-state index contributed by atoms with van der Waals surface area (Å²) in [5, 5.41) is 0. The number of aryl methyl sites for hydroxylation is 1. The SMILES string of the molecule is COc1cccc(/C=C2/CCc3c2nc2ccc(C)cn2c3=O)c1. The van der Waals surface area contributed by atoms with E-state index in [1.807, 2.05) is 49.5 Å². The Morgan fingerprint density at radius 1 is 1.21 bits per heavy atom. The highest BCUT2D eigenvalue weighted by Gasteiger charge is 2.22. The fourth-order valence-corrected chi connectivity index (χ4v) is 3.22. The van der Waals surface area contributed by atoms with Gasteiger partial charge in [0.1, 0.15) is 11.4 Å². The summed E-state index contributed by atoms with van der Waals surface area (Å²) in [6.45, 7) is 1.98. The molecule has 1 aromatic carbocycles. The van der Waals surface area contributed by atoms with Crippen LogP contribution in [-0.2, 0) is 6.42 Å². The molecule has 4 nitrogen and oxygen atoms in total. The highest BCUT2D eigenvalue weighted by molar-refractivity contribution is 5.84. The van der Waals surface area contributed by atoms with Gasteiger partial charge in [0, 0.05) is 11.8 Å². The summed E-state index contributed by atoms with van der Waals surface area (Å²) in [5.41, 5.74) is 5.62. The second-order valence-electron chi connectivity index (χ2n) is 6.12. The zero-order valence-electron chi connectivity index (χ0n) is 13.7. The first-order valence-electron chi connectivity index (χ1n) is 8.02. The number of benzene rings is 1. The van der Waals surface area contributed by atoms with E-state index in [1.54, 1.807) is 11.5 Å². The van der Waals surface area contributed by atoms with Crippen molar-refractivity contribution in [2.24, 2.45) is 0 Å². The summed E-state index contributed by atoms with van der Waals surface area (Å²) >= 11 is 0. The monoisotopic (exact) mass is 318 g/mol. The van der Waals surface area contributed by atoms with Crippen molar-refractivity contribution in [3.05, 3.63) is 75.3 Å². The van der Waals surface area contributed by atoms with Crippen LogP contribution >= 0.6 is 0 Å². The Bertz CT molecular complexity index is 1030. The molecule has 0 unspecified atom stereocenters. The topological polar surface area (TPSA) is 43.6 Å². The molecule has 4 heteroatoms. The zero-order valence-corrected chi connectivity index (χ0v) is 13.7. The molecule has 0 bridgehead atoms. The lowest BCUT2D eigenvalue weighted by atomic mass is 10.1. The quantitative estimate of drug-likeness (QED) is 0.726. The molecule has 1 aliphatic rings. The van der Waals surface area contributed by atoms with Crippen molar-refractivity contribution in [1.29, 1.82) is 0 Å². The molecule has 0 atom stereocenters. The average Bonchev–Trinajstić information content (AvgIpc) is 2.99. The summed E-state index contributed by atoms with van der Waals surface area (Å²) in [4.78, 5) is 17.5. The van der Waals surface area contributed by atoms with Gasteiger partial charge in [0.05, 0.1) is 12.8 Å². The Morgan fingerprint density at radius 2 is 2.08 bits per heavy atom. The molecule has 24 heavy (non-hydrogen) atoms. The number of methoxy groups -OCH3 is 1. The normalized spacial score (nSPS) is 15.0. The molecule has 1 aliphatic carbocycles. The standard InChI is InChI=1S/C20H18N2O2/c1-13-6-9-18-21-19-15(7-8-17(19)20(23)22(18)12-13)10-14-4-3-5-16(11-14)24-2/h3-6,9-12H,7-8H2,1-2H3/b15-10-. The number of hydrogen-bond acceptors (Lipinski definition) is 3. The van der Waals surface area contributed by atoms with Crippen LogP contribution in [0.5, 0.6) is 5.75 Å². The Hall–Kier alpha value is -2.88. The van der Waals surface area contributed by atoms with Crippen LogP contribution in [0.1, 0.15) is 28.8 Å². The summed E-state index contributed by atoms with van der Waals surface area (Å²) in [5.74, 6) is 0.824. The van der Waals surface area contributed by atoms with Crippen LogP contribution in [0.3, 0.4) is 0 Å². The second-order valence-corrected chi connectivity index (χ2v) is 6.12. The number of hydrogen-bond donors (Lipinski definition) is 0. The maximum absolute atomic E-state index is 12.7. The molecule has 2 aromatic heterocycles. The molecular formula is C20H18N2O2. The van der Waals surface area contributed by atoms with Gasteiger partial charge in [-0.25, -0.2) is 4.98 Å². The summed E-state index contributed by atoms with van der Waals surface area (Å²) in [6, 6.07) is 11.8. The maximum atomic E-state index is 12.7. The lowest BCUT2D eigenvalue weighted by molar-refractivity contribution is 0.414. The predicted molar refractivity (Wildman–Crippen MR) is 95.4 cm³/mol. The van der Waals surface area contributed by atoms with Crippen molar-refractivity contribution in [3.8, 4) is 5.75 Å². The average molecular weight is 318 g/mol. The summed E-state index contributed by atoms with van der Waals surface area (Å²) < 4.78 is 6.93. The summed E-state index contributed by atoms with van der Waals surface area (Å²) in [6.07, 6.45) is 5.54. The minimum absolute atomic E-state index is 0.0488. The van der Waals surface area contributed by atoms with Gasteiger partial charge in [-0.1, -0.05) is 18.2 Å². The van der Waals surface area contributed by atoms with Gasteiger partial charge in [-0.2, -0.15) is 0 Å². The van der Waals surface area contributed by atoms with Gasteiger partial charge in [0.2, 0.25) is 0 Å². The minimum atomic E-state index is 0.0488. The second kappa shape index (κ2) is 5.64. The minimum Gasteiger partial charge on any atom is -0.497 e. The smallest absolute Gasteiger partial charge is 0.261 e. The van der Waals surface area contributed by atoms with Gasteiger partial charge in [-0.05, 0) is 60.7 Å². The number of aromatic nitrogens is 2. The predicted octanol–water partition coefficient (Wildman–Crippen LogP) is 3.50. The first kappa shape index (κ1) is 14.7. The number of pyridine rings is 1. The van der Waals surface area contributed by atoms with Crippen LogP contribution in [0.15, 0.2) is 47.4 Å². The van der Waals surface area contributed by atoms with Gasteiger partial charge in [0.25, 0.3) is 5.56 Å². The zero-order chi connectivity index (χ0) is 16.7. The molecule has 3 aromatic rings. The van der Waals surface area contributed by atoms with Crippen LogP contribution in [0, 0.1) is 6.92 Å². The molecule has 0 saturated heterocycles. The van der Waals surface area contributed by atoms with Crippen LogP contribution in [-0.4, -0.2) is 16.5 Å². The lowest BCUT2D eigenvalue weighted by Crippen LogP contribution is -2.19. The number of nitrogens with zero attached hydrogens (tertiary/aromatic N) is 2. The first-order chi connectivity index (χ1) is 11.7. The van der Waals surface area contributed by atoms with Crippen LogP contribution in [0.4, 0.5) is 0 Å². The molecule has 0 N–H and O–H groups in total. The molecule has 0 amide bonds. The Labute approximate surface area is 140 Å². The molecular weight excluding hydrogens is 300 g/mol. The highest BCUT2D eigenvalue weighted by Crippen LogP contribution is 2.31. The van der Waals surface area contributed by atoms with E-state index in [-0.39, 0.29) is 5.56 Å². The van der Waals surface area contributed by atoms with E-state index in [2.05, 4.69) is 6.08 Å². The molecule has 120 valence electrons. The van der Waals surface area contributed by atoms with Gasteiger partial charge in [-0.15, -0.1) is 0 Å². The largest absolute Gasteiger partial charge is 0.497 e. The van der Waals surface area contributed by atoms with Crippen LogP contribution < -0.4 is 10.3 Å². The molecule has 0 saturated carbocycles. The lowest BCUT2D eigenvalue weighted by Gasteiger charge is -2.06. The number of ether oxygens (including phenoxy) is 1. The van der Waals surface area contributed by atoms with Crippen molar-refractivity contribution in [1.82, 2.24) is 9.38 Å². The molecule has 0 fully saturated rings. The van der Waals surface area contributed by atoms with Gasteiger partial charge in [-0.3, -0.25) is 9.20 Å². The molecule has 2 heterocycles. The third kappa shape index (κ3) is 2.40. The Kier molecular flexibility index (Phi) is 3.45. The fourth-order valence-electron chi connectivity index (χ4n) is 3.22. The van der Waals surface area contributed by atoms with Crippen molar-refractivity contribution >= 4 is 17.3 Å². The van der Waals surface area contributed by atoms with E-state index in [1.165, 1.54) is 0 Å². The fraction of sp³-hybridized carbons (Fsp3) is 0.200. The van der Waals surface area contributed by atoms with E-state index in [0.717, 1.165) is 46.5 Å². The molecule has 0 radical (unpaired) electrons. The van der Waals surface area contributed by atoms with E-state index in [9.17, 15) is 4.79 Å². The molecule has 0 aliphatic heterocycles. The molecule has 4 rings (SSSR count). The third-order valence-electron chi connectivity index (χ3n) is 4.45. The Balaban J connectivity index is 1.87. The van der Waals surface area contributed by atoms with Crippen molar-refractivity contribution in [2.45, 2.75) is 19.8 Å². The summed E-state index contributed by atoms with van der Waals surface area (Å²) in [7, 11) is 1.66. The van der Waals surface area contributed by atoms with Crippen molar-refractivity contribution < 1.29 is 4.74 Å². The number of fused-ring (bicyclic) bond motifs is 2. The highest BCUT2D eigenvalue weighted by atomic mass is 16.5. The van der Waals surface area contributed by atoms with Gasteiger partial charge >= 0.3 is 0 Å². The van der Waals surface area contributed by atoms with Crippen molar-refractivity contribution in [2.75, 3.05) is 7.11 Å². The van der Waals surface area contributed by atoms with Crippen molar-refractivity contribution in [3.63, 3.8) is 0 Å². The van der Waals surface area contributed by atoms with Gasteiger partial charge < -0.3 is 4.74 Å². The number of allylic oxidation sites excluding steroid dienone is 1. The van der Waals surface area contributed by atoms with E-state index in [0.29, 0.717) is 5.65 Å². The van der Waals surface area contributed by atoms with Crippen LogP contribution in [0.2, 0.25) is 0 Å². The molecule has 0 spiro atoms. The maximum Gasteiger partial charge on any atom is 0.261 e. The van der Waals surface area contributed by atoms with Gasteiger partial charge in [0.15, 0.2) is 0 Å². The first-order valence-corrected chi connectivity index (χ1v) is 8.02. The van der Waals surface area contributed by atoms with E-state index in [4.69, 9.17) is 9.72 Å². The van der Waals surface area contributed by atoms with Crippen LogP contribution in [0.25, 0.3) is 17.3 Å². The van der Waals surface area contributed by atoms with E-state index >= 15 is 0 Å².